The molecule has 0 aliphatic rings. The Labute approximate surface area is 172 Å². The lowest BCUT2D eigenvalue weighted by molar-refractivity contribution is 0.431. The Kier molecular flexibility index (Phi) is 7.68. The Bertz CT molecular complexity index is 794. The van der Waals surface area contributed by atoms with E-state index in [0.717, 1.165) is 48.5 Å². The third-order valence-corrected chi connectivity index (χ3v) is 7.77. The molecule has 0 saturated carbocycles. The van der Waals surface area contributed by atoms with Gasteiger partial charge in [-0.05, 0) is 42.4 Å². The maximum Gasteiger partial charge on any atom is 0.130 e. The molecule has 0 fully saturated rings. The van der Waals surface area contributed by atoms with Crippen LogP contribution in [0.5, 0.6) is 5.75 Å². The molecule has 0 aliphatic carbocycles. The summed E-state index contributed by atoms with van der Waals surface area (Å²) in [5.41, 5.74) is 3.13. The van der Waals surface area contributed by atoms with E-state index < -0.39 is 0 Å². The predicted octanol–water partition coefficient (Wildman–Crippen LogP) is 7.33. The second kappa shape index (κ2) is 9.40. The van der Waals surface area contributed by atoms with E-state index in [1.54, 1.807) is 12.1 Å². The van der Waals surface area contributed by atoms with Crippen LogP contribution in [0.3, 0.4) is 0 Å². The van der Waals surface area contributed by atoms with E-state index in [9.17, 15) is 9.50 Å². The lowest BCUT2D eigenvalue weighted by atomic mass is 9.80. The quantitative estimate of drug-likeness (QED) is 0.362. The highest BCUT2D eigenvalue weighted by Crippen LogP contribution is 2.52. The SMILES string of the molecule is CCCCCC(CC)(Pc1ccccc1F)c1cc(C(C)(C)C)cc(C)c1O. The number of unbranched alkanes of at least 4 members (excludes halogenated alkanes) is 2. The van der Waals surface area contributed by atoms with E-state index in [0.29, 0.717) is 14.3 Å². The van der Waals surface area contributed by atoms with Crippen molar-refractivity contribution in [3.8, 4) is 5.75 Å². The summed E-state index contributed by atoms with van der Waals surface area (Å²) in [4.78, 5) is 0. The van der Waals surface area contributed by atoms with Gasteiger partial charge in [-0.25, -0.2) is 4.39 Å². The Morgan fingerprint density at radius 1 is 1.04 bits per heavy atom. The van der Waals surface area contributed by atoms with Gasteiger partial charge < -0.3 is 5.11 Å². The Morgan fingerprint density at radius 3 is 2.29 bits per heavy atom. The van der Waals surface area contributed by atoms with Gasteiger partial charge in [0.2, 0.25) is 0 Å². The van der Waals surface area contributed by atoms with Crippen LogP contribution in [0.25, 0.3) is 0 Å². The number of benzene rings is 2. The molecule has 2 aromatic carbocycles. The van der Waals surface area contributed by atoms with Crippen molar-refractivity contribution in [2.45, 2.75) is 84.2 Å². The maximum absolute atomic E-state index is 14.6. The van der Waals surface area contributed by atoms with E-state index in [1.165, 1.54) is 5.56 Å². The first kappa shape index (κ1) is 22.9. The van der Waals surface area contributed by atoms with Crippen molar-refractivity contribution in [1.82, 2.24) is 0 Å². The highest BCUT2D eigenvalue weighted by atomic mass is 31.1. The Hall–Kier alpha value is -1.40. The number of rotatable bonds is 8. The van der Waals surface area contributed by atoms with Crippen molar-refractivity contribution < 1.29 is 9.50 Å². The number of aromatic hydroxyl groups is 1. The molecule has 3 heteroatoms. The molecule has 0 saturated heterocycles. The van der Waals surface area contributed by atoms with E-state index in [4.69, 9.17) is 0 Å². The summed E-state index contributed by atoms with van der Waals surface area (Å²) in [6, 6.07) is 11.4. The Morgan fingerprint density at radius 2 is 1.71 bits per heavy atom. The molecule has 1 nitrogen and oxygen atoms in total. The second-order valence-corrected chi connectivity index (χ2v) is 10.7. The lowest BCUT2D eigenvalue weighted by Gasteiger charge is -2.36. The van der Waals surface area contributed by atoms with Crippen LogP contribution in [-0.4, -0.2) is 5.11 Å². The van der Waals surface area contributed by atoms with Gasteiger partial charge in [0.05, 0.1) is 0 Å². The third kappa shape index (κ3) is 5.15. The first-order valence-corrected chi connectivity index (χ1v) is 11.5. The van der Waals surface area contributed by atoms with Crippen LogP contribution >= 0.6 is 8.58 Å². The van der Waals surface area contributed by atoms with Crippen molar-refractivity contribution in [1.29, 1.82) is 0 Å². The maximum atomic E-state index is 14.6. The van der Waals surface area contributed by atoms with Gasteiger partial charge in [0, 0.05) is 16.0 Å². The number of aryl methyl sites for hydroxylation is 1. The molecule has 154 valence electrons. The fourth-order valence-corrected chi connectivity index (χ4v) is 5.50. The normalized spacial score (nSPS) is 14.5. The number of halogens is 1. The van der Waals surface area contributed by atoms with Gasteiger partial charge in [0.25, 0.3) is 0 Å². The van der Waals surface area contributed by atoms with Crippen molar-refractivity contribution in [3.05, 3.63) is 58.9 Å². The second-order valence-electron chi connectivity index (χ2n) is 8.94. The van der Waals surface area contributed by atoms with Crippen LogP contribution < -0.4 is 5.30 Å². The molecule has 1 N–H and O–H groups in total. The first-order chi connectivity index (χ1) is 13.1. The van der Waals surface area contributed by atoms with Gasteiger partial charge in [-0.15, -0.1) is 0 Å². The molecule has 0 bridgehead atoms. The minimum absolute atomic E-state index is 0.00276. The summed E-state index contributed by atoms with van der Waals surface area (Å²) in [5, 5.41) is 11.6. The van der Waals surface area contributed by atoms with Crippen LogP contribution in [0, 0.1) is 12.7 Å². The van der Waals surface area contributed by atoms with E-state index in [1.807, 2.05) is 19.1 Å². The van der Waals surface area contributed by atoms with Crippen LogP contribution in [-0.2, 0) is 10.6 Å². The minimum atomic E-state index is -0.243. The third-order valence-electron chi connectivity index (χ3n) is 5.74. The highest BCUT2D eigenvalue weighted by molar-refractivity contribution is 7.48. The zero-order valence-electron chi connectivity index (χ0n) is 18.3. The van der Waals surface area contributed by atoms with Crippen LogP contribution in [0.2, 0.25) is 0 Å². The molecule has 2 rings (SSSR count). The molecular formula is C25H36FOP. The molecule has 0 amide bonds. The average molecular weight is 403 g/mol. The number of hydrogen-bond acceptors (Lipinski definition) is 1. The molecule has 28 heavy (non-hydrogen) atoms. The fourth-order valence-electron chi connectivity index (χ4n) is 3.79. The molecule has 0 spiro atoms. The Balaban J connectivity index is 2.64. The molecule has 0 heterocycles. The predicted molar refractivity (Wildman–Crippen MR) is 122 cm³/mol. The van der Waals surface area contributed by atoms with Crippen LogP contribution in [0.15, 0.2) is 36.4 Å². The number of hydrogen-bond donors (Lipinski definition) is 1. The smallest absolute Gasteiger partial charge is 0.130 e. The van der Waals surface area contributed by atoms with Crippen molar-refractivity contribution >= 4 is 13.9 Å². The molecule has 0 aromatic heterocycles. The van der Waals surface area contributed by atoms with Gasteiger partial charge in [-0.1, -0.05) is 92.8 Å². The average Bonchev–Trinajstić information content (AvgIpc) is 2.64. The number of phenolic OH excluding ortho intramolecular Hbond substituents is 1. The topological polar surface area (TPSA) is 20.2 Å². The molecule has 0 radical (unpaired) electrons. The van der Waals surface area contributed by atoms with Crippen molar-refractivity contribution in [3.63, 3.8) is 0 Å². The summed E-state index contributed by atoms with van der Waals surface area (Å²) in [5.74, 6) is 0.243. The standard InChI is InChI=1S/C25H36FOP/c1-7-9-12-15-25(8-2,28-22-14-11-10-13-21(22)26)20-17-19(24(4,5)6)16-18(3)23(20)27/h10-11,13-14,16-17,27-28H,7-9,12,15H2,1-6H3. The summed E-state index contributed by atoms with van der Waals surface area (Å²) in [6.07, 6.45) is 5.23. The van der Waals surface area contributed by atoms with Gasteiger partial charge in [0.15, 0.2) is 0 Å². The fraction of sp³-hybridized carbons (Fsp3) is 0.520. The lowest BCUT2D eigenvalue weighted by Crippen LogP contribution is -2.25. The largest absolute Gasteiger partial charge is 0.507 e. The summed E-state index contributed by atoms with van der Waals surface area (Å²) < 4.78 is 14.6. The zero-order valence-corrected chi connectivity index (χ0v) is 19.3. The first-order valence-electron chi connectivity index (χ1n) is 10.5. The minimum Gasteiger partial charge on any atom is -0.507 e. The molecule has 0 aliphatic heterocycles. The zero-order chi connectivity index (χ0) is 20.9. The van der Waals surface area contributed by atoms with Gasteiger partial charge in [-0.3, -0.25) is 0 Å². The van der Waals surface area contributed by atoms with E-state index >= 15 is 0 Å². The summed E-state index contributed by atoms with van der Waals surface area (Å²) >= 11 is 0. The van der Waals surface area contributed by atoms with E-state index in [2.05, 4.69) is 46.8 Å². The highest BCUT2D eigenvalue weighted by Gasteiger charge is 2.35. The summed E-state index contributed by atoms with van der Waals surface area (Å²) in [7, 11) is 0.291. The monoisotopic (exact) mass is 402 g/mol. The van der Waals surface area contributed by atoms with Crippen molar-refractivity contribution in [2.75, 3.05) is 0 Å². The van der Waals surface area contributed by atoms with Crippen molar-refractivity contribution in [2.24, 2.45) is 0 Å². The molecular weight excluding hydrogens is 366 g/mol. The summed E-state index contributed by atoms with van der Waals surface area (Å²) in [6.45, 7) is 13.0. The molecule has 2 aromatic rings. The number of phenols is 1. The molecule has 2 atom stereocenters. The van der Waals surface area contributed by atoms with Gasteiger partial charge in [0.1, 0.15) is 11.6 Å². The van der Waals surface area contributed by atoms with Gasteiger partial charge >= 0.3 is 0 Å². The van der Waals surface area contributed by atoms with Gasteiger partial charge in [-0.2, -0.15) is 0 Å². The van der Waals surface area contributed by atoms with Crippen LogP contribution in [0.4, 0.5) is 4.39 Å². The van der Waals surface area contributed by atoms with E-state index in [-0.39, 0.29) is 16.4 Å². The molecule has 2 unspecified atom stereocenters. The van der Waals surface area contributed by atoms with Crippen LogP contribution in [0.1, 0.15) is 83.4 Å².